The van der Waals surface area contributed by atoms with Crippen LogP contribution in [0, 0.1) is 17.5 Å². The normalized spacial score (nSPS) is 12.8. The monoisotopic (exact) mass is 235 g/mol. The van der Waals surface area contributed by atoms with E-state index in [0.29, 0.717) is 0 Å². The molecule has 1 atom stereocenters. The molecule has 0 aliphatic carbocycles. The molecule has 1 rings (SSSR count). The summed E-state index contributed by atoms with van der Waals surface area (Å²) in [5, 5.41) is 20.1. The molecule has 90 valence electrons. The fourth-order valence-electron chi connectivity index (χ4n) is 1.16. The van der Waals surface area contributed by atoms with Crippen molar-refractivity contribution in [3.63, 3.8) is 0 Å². The molecule has 0 saturated carbocycles. The molecule has 0 fully saturated rings. The number of nitrogens with one attached hydrogen (secondary N) is 1. The Labute approximate surface area is 90.5 Å². The molecule has 1 aromatic rings. The second kappa shape index (κ2) is 5.83. The maximum atomic E-state index is 12.8. The summed E-state index contributed by atoms with van der Waals surface area (Å²) in [5.41, 5.74) is 0.224. The SMILES string of the molecule is OC[C@H](O)CNCc1cc(F)c(F)c(F)c1. The molecule has 0 heterocycles. The van der Waals surface area contributed by atoms with Crippen molar-refractivity contribution in [2.24, 2.45) is 0 Å². The lowest BCUT2D eigenvalue weighted by Gasteiger charge is -2.09. The summed E-state index contributed by atoms with van der Waals surface area (Å²) in [6.07, 6.45) is -0.935. The van der Waals surface area contributed by atoms with E-state index < -0.39 is 30.2 Å². The van der Waals surface area contributed by atoms with E-state index in [1.165, 1.54) is 0 Å². The van der Waals surface area contributed by atoms with E-state index in [2.05, 4.69) is 5.32 Å². The Balaban J connectivity index is 2.55. The van der Waals surface area contributed by atoms with Crippen molar-refractivity contribution in [3.05, 3.63) is 35.1 Å². The number of hydrogen-bond donors (Lipinski definition) is 3. The van der Waals surface area contributed by atoms with Crippen molar-refractivity contribution in [1.82, 2.24) is 5.32 Å². The van der Waals surface area contributed by atoms with E-state index in [0.717, 1.165) is 12.1 Å². The third-order valence-corrected chi connectivity index (χ3v) is 1.96. The number of aliphatic hydroxyl groups excluding tert-OH is 2. The summed E-state index contributed by atoms with van der Waals surface area (Å²) >= 11 is 0. The van der Waals surface area contributed by atoms with Crippen LogP contribution in [0.25, 0.3) is 0 Å². The molecule has 0 bridgehead atoms. The zero-order chi connectivity index (χ0) is 12.1. The average Bonchev–Trinajstić information content (AvgIpc) is 2.25. The van der Waals surface area contributed by atoms with Gasteiger partial charge in [-0.15, -0.1) is 0 Å². The Hall–Kier alpha value is -1.11. The van der Waals surface area contributed by atoms with Gasteiger partial charge in [0.1, 0.15) is 0 Å². The van der Waals surface area contributed by atoms with Crippen LogP contribution >= 0.6 is 0 Å². The van der Waals surface area contributed by atoms with Gasteiger partial charge in [0.15, 0.2) is 17.5 Å². The van der Waals surface area contributed by atoms with Crippen LogP contribution in [-0.2, 0) is 6.54 Å². The maximum Gasteiger partial charge on any atom is 0.194 e. The molecule has 0 aromatic heterocycles. The smallest absolute Gasteiger partial charge is 0.194 e. The number of rotatable bonds is 5. The molecular formula is C10H12F3NO2. The van der Waals surface area contributed by atoms with E-state index in [9.17, 15) is 13.2 Å². The Morgan fingerprint density at radius 2 is 1.75 bits per heavy atom. The number of benzene rings is 1. The Bertz CT molecular complexity index is 337. The molecule has 1 aromatic carbocycles. The first kappa shape index (κ1) is 13.0. The van der Waals surface area contributed by atoms with Crippen molar-refractivity contribution in [3.8, 4) is 0 Å². The summed E-state index contributed by atoms with van der Waals surface area (Å²) in [4.78, 5) is 0. The second-order valence-electron chi connectivity index (χ2n) is 3.34. The molecule has 3 N–H and O–H groups in total. The molecule has 0 radical (unpaired) electrons. The largest absolute Gasteiger partial charge is 0.394 e. The predicted octanol–water partition coefficient (Wildman–Crippen LogP) is 0.547. The lowest BCUT2D eigenvalue weighted by molar-refractivity contribution is 0.0942. The average molecular weight is 235 g/mol. The zero-order valence-corrected chi connectivity index (χ0v) is 8.38. The first-order valence-corrected chi connectivity index (χ1v) is 4.67. The summed E-state index contributed by atoms with van der Waals surface area (Å²) < 4.78 is 38.1. The third kappa shape index (κ3) is 3.48. The summed E-state index contributed by atoms with van der Waals surface area (Å²) in [5.74, 6) is -4.00. The highest BCUT2D eigenvalue weighted by molar-refractivity contribution is 5.19. The molecule has 0 amide bonds. The molecule has 3 nitrogen and oxygen atoms in total. The number of halogens is 3. The van der Waals surface area contributed by atoms with E-state index in [4.69, 9.17) is 10.2 Å². The minimum absolute atomic E-state index is 0.0746. The predicted molar refractivity (Wildman–Crippen MR) is 51.1 cm³/mol. The van der Waals surface area contributed by atoms with Gasteiger partial charge in [0.25, 0.3) is 0 Å². The fraction of sp³-hybridized carbons (Fsp3) is 0.400. The summed E-state index contributed by atoms with van der Waals surface area (Å²) in [6.45, 7) is -0.249. The highest BCUT2D eigenvalue weighted by atomic mass is 19.2. The second-order valence-corrected chi connectivity index (χ2v) is 3.34. The van der Waals surface area contributed by atoms with Crippen molar-refractivity contribution in [2.75, 3.05) is 13.2 Å². The molecular weight excluding hydrogens is 223 g/mol. The van der Waals surface area contributed by atoms with Gasteiger partial charge in [-0.05, 0) is 17.7 Å². The lowest BCUT2D eigenvalue weighted by Crippen LogP contribution is -2.29. The molecule has 0 unspecified atom stereocenters. The molecule has 0 spiro atoms. The summed E-state index contributed by atoms with van der Waals surface area (Å²) in [7, 11) is 0. The summed E-state index contributed by atoms with van der Waals surface area (Å²) in [6, 6.07) is 1.74. The Morgan fingerprint density at radius 1 is 1.19 bits per heavy atom. The third-order valence-electron chi connectivity index (χ3n) is 1.96. The molecule has 0 aliphatic rings. The maximum absolute atomic E-state index is 12.8. The van der Waals surface area contributed by atoms with Crippen LogP contribution in [0.1, 0.15) is 5.56 Å². The minimum atomic E-state index is -1.50. The first-order valence-electron chi connectivity index (χ1n) is 4.67. The molecule has 0 saturated heterocycles. The van der Waals surface area contributed by atoms with Crippen molar-refractivity contribution >= 4 is 0 Å². The lowest BCUT2D eigenvalue weighted by atomic mass is 10.2. The van der Waals surface area contributed by atoms with Gasteiger partial charge in [0, 0.05) is 13.1 Å². The van der Waals surface area contributed by atoms with Gasteiger partial charge in [-0.3, -0.25) is 0 Å². The van der Waals surface area contributed by atoms with E-state index in [-0.39, 0.29) is 18.7 Å². The van der Waals surface area contributed by atoms with Gasteiger partial charge < -0.3 is 15.5 Å². The van der Waals surface area contributed by atoms with Crippen molar-refractivity contribution in [1.29, 1.82) is 0 Å². The van der Waals surface area contributed by atoms with E-state index >= 15 is 0 Å². The van der Waals surface area contributed by atoms with Gasteiger partial charge >= 0.3 is 0 Å². The van der Waals surface area contributed by atoms with Crippen LogP contribution in [0.5, 0.6) is 0 Å². The van der Waals surface area contributed by atoms with E-state index in [1.807, 2.05) is 0 Å². The highest BCUT2D eigenvalue weighted by Gasteiger charge is 2.10. The van der Waals surface area contributed by atoms with Crippen LogP contribution in [0.2, 0.25) is 0 Å². The van der Waals surface area contributed by atoms with Crippen LogP contribution in [-0.4, -0.2) is 29.5 Å². The van der Waals surface area contributed by atoms with Gasteiger partial charge in [-0.1, -0.05) is 0 Å². The van der Waals surface area contributed by atoms with Gasteiger partial charge in [-0.2, -0.15) is 0 Å². The minimum Gasteiger partial charge on any atom is -0.394 e. The van der Waals surface area contributed by atoms with Crippen molar-refractivity contribution < 1.29 is 23.4 Å². The Kier molecular flexibility index (Phi) is 4.72. The number of hydrogen-bond acceptors (Lipinski definition) is 3. The van der Waals surface area contributed by atoms with Crippen LogP contribution in [0.4, 0.5) is 13.2 Å². The standard InChI is InChI=1S/C10H12F3NO2/c11-8-1-6(2-9(12)10(8)13)3-14-4-7(16)5-15/h1-2,7,14-16H,3-5H2/t7-/m1/s1. The highest BCUT2D eigenvalue weighted by Crippen LogP contribution is 2.13. The van der Waals surface area contributed by atoms with E-state index in [1.54, 1.807) is 0 Å². The molecule has 6 heteroatoms. The Morgan fingerprint density at radius 3 is 2.25 bits per heavy atom. The fourth-order valence-corrected chi connectivity index (χ4v) is 1.16. The van der Waals surface area contributed by atoms with Crippen LogP contribution in [0.3, 0.4) is 0 Å². The van der Waals surface area contributed by atoms with Gasteiger partial charge in [-0.25, -0.2) is 13.2 Å². The quantitative estimate of drug-likeness (QED) is 0.653. The zero-order valence-electron chi connectivity index (χ0n) is 8.38. The van der Waals surface area contributed by atoms with Crippen LogP contribution < -0.4 is 5.32 Å². The van der Waals surface area contributed by atoms with Gasteiger partial charge in [0.2, 0.25) is 0 Å². The van der Waals surface area contributed by atoms with Crippen molar-refractivity contribution in [2.45, 2.75) is 12.6 Å². The van der Waals surface area contributed by atoms with Gasteiger partial charge in [0.05, 0.1) is 12.7 Å². The first-order chi connectivity index (χ1) is 7.54. The topological polar surface area (TPSA) is 52.5 Å². The molecule has 0 aliphatic heterocycles. The molecule has 16 heavy (non-hydrogen) atoms. The van der Waals surface area contributed by atoms with Crippen LogP contribution in [0.15, 0.2) is 12.1 Å². The number of aliphatic hydroxyl groups is 2.